The molecule has 0 spiro atoms. The van der Waals surface area contributed by atoms with Crippen LogP contribution in [0.1, 0.15) is 25.0 Å². The van der Waals surface area contributed by atoms with E-state index in [2.05, 4.69) is 196 Å². The van der Waals surface area contributed by atoms with Crippen LogP contribution in [-0.2, 0) is 5.41 Å². The molecule has 1 aromatic heterocycles. The van der Waals surface area contributed by atoms with E-state index in [4.69, 9.17) is 9.97 Å². The third-order valence-electron chi connectivity index (χ3n) is 12.1. The maximum absolute atomic E-state index is 5.20. The van der Waals surface area contributed by atoms with Crippen LogP contribution in [0.2, 0.25) is 0 Å². The molecule has 1 aliphatic carbocycles. The minimum Gasteiger partial charge on any atom is -0.228 e. The van der Waals surface area contributed by atoms with Gasteiger partial charge in [0.2, 0.25) is 0 Å². The van der Waals surface area contributed by atoms with Gasteiger partial charge in [-0.05, 0) is 95.0 Å². The van der Waals surface area contributed by atoms with Gasteiger partial charge in [0.1, 0.15) is 0 Å². The lowest BCUT2D eigenvalue weighted by Crippen LogP contribution is -2.15. The Morgan fingerprint density at radius 1 is 0.333 bits per heavy atom. The van der Waals surface area contributed by atoms with Crippen LogP contribution in [0.4, 0.5) is 0 Å². The number of benzene rings is 9. The van der Waals surface area contributed by atoms with Gasteiger partial charge in [-0.3, -0.25) is 0 Å². The third-order valence-corrected chi connectivity index (χ3v) is 12.1. The summed E-state index contributed by atoms with van der Waals surface area (Å²) in [6.45, 7) is 4.77. The van der Waals surface area contributed by atoms with Gasteiger partial charge in [-0.1, -0.05) is 190 Å². The van der Waals surface area contributed by atoms with E-state index >= 15 is 0 Å². The Balaban J connectivity index is 1.05. The lowest BCUT2D eigenvalue weighted by molar-refractivity contribution is 0.666. The SMILES string of the molecule is CC1(C)c2cc(-c3ccc(-c4ccc(-c5nc(-c6ccccc6)cc(-c6ccccc6)n5)c5ccccc45)c4ccccc34)ccc2-c2ccc3ccccc3c21. The highest BCUT2D eigenvalue weighted by molar-refractivity contribution is 6.12. The van der Waals surface area contributed by atoms with Gasteiger partial charge in [0.15, 0.2) is 5.82 Å². The molecule has 0 N–H and O–H groups in total. The van der Waals surface area contributed by atoms with Gasteiger partial charge in [-0.2, -0.15) is 0 Å². The summed E-state index contributed by atoms with van der Waals surface area (Å²) in [5, 5.41) is 7.42. The summed E-state index contributed by atoms with van der Waals surface area (Å²) in [7, 11) is 0. The van der Waals surface area contributed by atoms with Crippen LogP contribution < -0.4 is 0 Å². The Morgan fingerprint density at radius 3 is 1.40 bits per heavy atom. The molecule has 11 rings (SSSR count). The van der Waals surface area contributed by atoms with Crippen molar-refractivity contribution in [2.24, 2.45) is 0 Å². The van der Waals surface area contributed by atoms with Crippen molar-refractivity contribution in [1.82, 2.24) is 9.97 Å². The van der Waals surface area contributed by atoms with Crippen molar-refractivity contribution in [1.29, 1.82) is 0 Å². The second kappa shape index (κ2) is 13.0. The topological polar surface area (TPSA) is 25.8 Å². The lowest BCUT2D eigenvalue weighted by atomic mass is 9.79. The summed E-state index contributed by atoms with van der Waals surface area (Å²) in [5.74, 6) is 0.716. The highest BCUT2D eigenvalue weighted by Gasteiger charge is 2.37. The fourth-order valence-electron chi connectivity index (χ4n) is 9.36. The summed E-state index contributed by atoms with van der Waals surface area (Å²) in [4.78, 5) is 10.4. The zero-order chi connectivity index (χ0) is 38.1. The maximum Gasteiger partial charge on any atom is 0.161 e. The Hall–Kier alpha value is -7.16. The quantitative estimate of drug-likeness (QED) is 0.176. The number of fused-ring (bicyclic) bond motifs is 7. The van der Waals surface area contributed by atoms with E-state index in [-0.39, 0.29) is 5.41 Å². The molecule has 57 heavy (non-hydrogen) atoms. The molecule has 0 radical (unpaired) electrons. The molecule has 0 amide bonds. The molecule has 9 aromatic carbocycles. The van der Waals surface area contributed by atoms with E-state index < -0.39 is 0 Å². The highest BCUT2D eigenvalue weighted by atomic mass is 14.9. The van der Waals surface area contributed by atoms with Crippen LogP contribution in [0.3, 0.4) is 0 Å². The molecule has 1 heterocycles. The van der Waals surface area contributed by atoms with Crippen molar-refractivity contribution < 1.29 is 0 Å². The van der Waals surface area contributed by atoms with E-state index in [1.807, 2.05) is 12.1 Å². The van der Waals surface area contributed by atoms with Crippen LogP contribution in [-0.4, -0.2) is 9.97 Å². The Labute approximate surface area is 332 Å². The van der Waals surface area contributed by atoms with E-state index in [0.717, 1.165) is 33.5 Å². The minimum absolute atomic E-state index is 0.121. The van der Waals surface area contributed by atoms with Gasteiger partial charge < -0.3 is 0 Å². The second-order valence-corrected chi connectivity index (χ2v) is 15.7. The fraction of sp³-hybridized carbons (Fsp3) is 0.0545. The monoisotopic (exact) mass is 726 g/mol. The van der Waals surface area contributed by atoms with Crippen molar-refractivity contribution >= 4 is 32.3 Å². The van der Waals surface area contributed by atoms with Crippen LogP contribution in [0.5, 0.6) is 0 Å². The summed E-state index contributed by atoms with van der Waals surface area (Å²) >= 11 is 0. The minimum atomic E-state index is -0.121. The van der Waals surface area contributed by atoms with Crippen molar-refractivity contribution in [2.45, 2.75) is 19.3 Å². The Kier molecular flexibility index (Phi) is 7.55. The van der Waals surface area contributed by atoms with E-state index in [1.54, 1.807) is 0 Å². The molecule has 0 saturated heterocycles. The molecule has 0 aliphatic heterocycles. The average molecular weight is 727 g/mol. The fourth-order valence-corrected chi connectivity index (χ4v) is 9.36. The molecule has 0 saturated carbocycles. The van der Waals surface area contributed by atoms with Gasteiger partial charge in [0.25, 0.3) is 0 Å². The van der Waals surface area contributed by atoms with Gasteiger partial charge in [0, 0.05) is 22.1 Å². The van der Waals surface area contributed by atoms with E-state index in [1.165, 1.54) is 71.4 Å². The van der Waals surface area contributed by atoms with Crippen LogP contribution in [0.15, 0.2) is 194 Å². The van der Waals surface area contributed by atoms with Gasteiger partial charge in [0.05, 0.1) is 11.4 Å². The predicted octanol–water partition coefficient (Wildman–Crippen LogP) is 14.6. The molecule has 0 unspecified atom stereocenters. The van der Waals surface area contributed by atoms with Crippen molar-refractivity contribution in [3.8, 4) is 67.3 Å². The predicted molar refractivity (Wildman–Crippen MR) is 239 cm³/mol. The molecule has 2 nitrogen and oxygen atoms in total. The number of hydrogen-bond acceptors (Lipinski definition) is 2. The Morgan fingerprint density at radius 2 is 0.789 bits per heavy atom. The van der Waals surface area contributed by atoms with Gasteiger partial charge >= 0.3 is 0 Å². The second-order valence-electron chi connectivity index (χ2n) is 15.7. The number of rotatable bonds is 5. The zero-order valence-corrected chi connectivity index (χ0v) is 31.9. The average Bonchev–Trinajstić information content (AvgIpc) is 3.51. The molecule has 0 bridgehead atoms. The first-order chi connectivity index (χ1) is 28.0. The van der Waals surface area contributed by atoms with Gasteiger partial charge in [-0.15, -0.1) is 0 Å². The van der Waals surface area contributed by atoms with Crippen LogP contribution >= 0.6 is 0 Å². The summed E-state index contributed by atoms with van der Waals surface area (Å²) in [6, 6.07) is 70.1. The van der Waals surface area contributed by atoms with E-state index in [0.29, 0.717) is 5.82 Å². The first kappa shape index (κ1) is 33.2. The van der Waals surface area contributed by atoms with Crippen molar-refractivity contribution in [3.63, 3.8) is 0 Å². The smallest absolute Gasteiger partial charge is 0.161 e. The third kappa shape index (κ3) is 5.33. The highest BCUT2D eigenvalue weighted by Crippen LogP contribution is 2.52. The number of hydrogen-bond donors (Lipinski definition) is 0. The molecule has 268 valence electrons. The van der Waals surface area contributed by atoms with Crippen molar-refractivity contribution in [3.05, 3.63) is 205 Å². The van der Waals surface area contributed by atoms with E-state index in [9.17, 15) is 0 Å². The number of nitrogens with zero attached hydrogens (tertiary/aromatic N) is 2. The Bertz CT molecular complexity index is 3140. The maximum atomic E-state index is 5.20. The van der Waals surface area contributed by atoms with Crippen LogP contribution in [0.25, 0.3) is 99.6 Å². The summed E-state index contributed by atoms with van der Waals surface area (Å²) in [6.07, 6.45) is 0. The molecular formula is C55H38N2. The first-order valence-electron chi connectivity index (χ1n) is 19.7. The standard InChI is InChI=1S/C55H38N2/c1-55(2)50-33-38(26-27-47(50)48-28-25-35-15-9-10-20-40(35)53(48)55)39-29-30-45(42-22-12-11-21-41(39)42)46-31-32-49(44-24-14-13-23-43(44)46)54-56-51(36-16-5-3-6-17-36)34-52(57-54)37-18-7-4-8-19-37/h3-34H,1-2H3. The molecule has 0 atom stereocenters. The summed E-state index contributed by atoms with van der Waals surface area (Å²) < 4.78 is 0. The molecule has 1 aliphatic rings. The van der Waals surface area contributed by atoms with Gasteiger partial charge in [-0.25, -0.2) is 9.97 Å². The zero-order valence-electron chi connectivity index (χ0n) is 31.9. The molecular weight excluding hydrogens is 689 g/mol. The normalized spacial score (nSPS) is 12.9. The first-order valence-corrected chi connectivity index (χ1v) is 19.7. The molecule has 2 heteroatoms. The van der Waals surface area contributed by atoms with Crippen molar-refractivity contribution in [2.75, 3.05) is 0 Å². The number of aromatic nitrogens is 2. The lowest BCUT2D eigenvalue weighted by Gasteiger charge is -2.24. The van der Waals surface area contributed by atoms with Crippen LogP contribution in [0, 0.1) is 0 Å². The summed E-state index contributed by atoms with van der Waals surface area (Å²) in [5.41, 5.74) is 15.2. The molecule has 0 fully saturated rings. The largest absolute Gasteiger partial charge is 0.228 e. The molecule has 10 aromatic rings.